The molecule has 1 aromatic heterocycles. The van der Waals surface area contributed by atoms with Gasteiger partial charge in [0.1, 0.15) is 4.88 Å². The van der Waals surface area contributed by atoms with Crippen LogP contribution in [0.25, 0.3) is 0 Å². The topological polar surface area (TPSA) is 77.9 Å². The Morgan fingerprint density at radius 2 is 2.16 bits per heavy atom. The van der Waals surface area contributed by atoms with Gasteiger partial charge in [-0.2, -0.15) is 4.31 Å². The fourth-order valence-corrected chi connectivity index (χ4v) is 4.56. The Morgan fingerprint density at radius 1 is 1.47 bits per heavy atom. The summed E-state index contributed by atoms with van der Waals surface area (Å²) in [6, 6.07) is 1.38. The predicted octanol–water partition coefficient (Wildman–Crippen LogP) is 0.771. The number of hydrogen-bond donors (Lipinski definition) is 1. The summed E-state index contributed by atoms with van der Waals surface area (Å²) < 4.78 is 26.2. The van der Waals surface area contributed by atoms with Crippen LogP contribution in [0, 0.1) is 0 Å². The molecule has 19 heavy (non-hydrogen) atoms. The van der Waals surface area contributed by atoms with Gasteiger partial charge in [-0.25, -0.2) is 13.2 Å². The average molecular weight is 304 g/mol. The van der Waals surface area contributed by atoms with Crippen molar-refractivity contribution >= 4 is 27.3 Å². The summed E-state index contributed by atoms with van der Waals surface area (Å²) in [5.74, 6) is -1.10. The van der Waals surface area contributed by atoms with Crippen LogP contribution in [0.5, 0.6) is 0 Å². The van der Waals surface area contributed by atoms with Crippen LogP contribution in [0.4, 0.5) is 0 Å². The minimum atomic E-state index is -3.58. The van der Waals surface area contributed by atoms with Crippen molar-refractivity contribution in [2.24, 2.45) is 0 Å². The summed E-state index contributed by atoms with van der Waals surface area (Å²) in [4.78, 5) is 13.0. The number of nitrogens with zero attached hydrogens (tertiary/aromatic N) is 2. The summed E-state index contributed by atoms with van der Waals surface area (Å²) in [5.41, 5.74) is 0. The van der Waals surface area contributed by atoms with Crippen molar-refractivity contribution in [3.63, 3.8) is 0 Å². The molecule has 0 spiro atoms. The lowest BCUT2D eigenvalue weighted by Crippen LogP contribution is -2.51. The molecule has 2 heterocycles. The second-order valence-electron chi connectivity index (χ2n) is 4.64. The lowest BCUT2D eigenvalue weighted by Gasteiger charge is -2.36. The van der Waals surface area contributed by atoms with Crippen LogP contribution < -0.4 is 0 Å². The number of sulfonamides is 1. The van der Waals surface area contributed by atoms with Crippen molar-refractivity contribution in [3.8, 4) is 0 Å². The van der Waals surface area contributed by atoms with Gasteiger partial charge in [-0.3, -0.25) is 0 Å². The van der Waals surface area contributed by atoms with E-state index in [1.807, 2.05) is 14.0 Å². The molecule has 0 bridgehead atoms. The third kappa shape index (κ3) is 2.81. The van der Waals surface area contributed by atoms with E-state index in [2.05, 4.69) is 4.90 Å². The highest BCUT2D eigenvalue weighted by Gasteiger charge is 2.31. The molecule has 1 unspecified atom stereocenters. The van der Waals surface area contributed by atoms with Crippen molar-refractivity contribution in [1.29, 1.82) is 0 Å². The third-order valence-electron chi connectivity index (χ3n) is 3.35. The molecule has 1 aliphatic heterocycles. The number of piperazine rings is 1. The molecule has 2 rings (SSSR count). The van der Waals surface area contributed by atoms with Crippen LogP contribution >= 0.6 is 11.3 Å². The molecule has 1 saturated heterocycles. The smallest absolute Gasteiger partial charge is 0.345 e. The Kier molecular flexibility index (Phi) is 3.95. The van der Waals surface area contributed by atoms with E-state index in [0.29, 0.717) is 19.6 Å². The third-order valence-corrected chi connectivity index (χ3v) is 6.26. The molecule has 6 nitrogen and oxygen atoms in total. The zero-order valence-electron chi connectivity index (χ0n) is 10.7. The largest absolute Gasteiger partial charge is 0.477 e. The summed E-state index contributed by atoms with van der Waals surface area (Å²) in [6.45, 7) is 3.51. The van der Waals surface area contributed by atoms with Crippen LogP contribution in [0.2, 0.25) is 0 Å². The Labute approximate surface area is 116 Å². The number of carboxylic acid groups (broad SMARTS) is 1. The molecule has 1 N–H and O–H groups in total. The van der Waals surface area contributed by atoms with Crippen molar-refractivity contribution in [1.82, 2.24) is 9.21 Å². The van der Waals surface area contributed by atoms with Crippen molar-refractivity contribution in [2.75, 3.05) is 26.7 Å². The molecule has 0 aliphatic carbocycles. The van der Waals surface area contributed by atoms with E-state index in [4.69, 9.17) is 5.11 Å². The second kappa shape index (κ2) is 5.20. The molecule has 0 aromatic carbocycles. The van der Waals surface area contributed by atoms with Crippen molar-refractivity contribution in [2.45, 2.75) is 17.9 Å². The minimum Gasteiger partial charge on any atom is -0.477 e. The van der Waals surface area contributed by atoms with E-state index < -0.39 is 16.0 Å². The quantitative estimate of drug-likeness (QED) is 0.892. The molecule has 1 fully saturated rings. The lowest BCUT2D eigenvalue weighted by atomic mass is 10.2. The van der Waals surface area contributed by atoms with E-state index in [0.717, 1.165) is 11.3 Å². The van der Waals surface area contributed by atoms with E-state index in [1.54, 1.807) is 0 Å². The average Bonchev–Trinajstić information content (AvgIpc) is 2.82. The molecular formula is C11H16N2O4S2. The van der Waals surface area contributed by atoms with Crippen LogP contribution in [0.1, 0.15) is 16.6 Å². The first-order chi connectivity index (χ1) is 8.82. The van der Waals surface area contributed by atoms with Gasteiger partial charge < -0.3 is 10.0 Å². The summed E-state index contributed by atoms with van der Waals surface area (Å²) in [6.07, 6.45) is 0. The second-order valence-corrected chi connectivity index (χ2v) is 7.49. The molecule has 1 aliphatic rings. The molecule has 1 atom stereocenters. The fourth-order valence-electron chi connectivity index (χ4n) is 1.95. The fraction of sp³-hybridized carbons (Fsp3) is 0.545. The SMILES string of the molecule is CC1CN(S(=O)(=O)c2csc(C(=O)O)c2)CCN1C. The lowest BCUT2D eigenvalue weighted by molar-refractivity contribution is 0.0702. The molecule has 0 amide bonds. The number of rotatable bonds is 3. The minimum absolute atomic E-state index is 0.0424. The van der Waals surface area contributed by atoms with Gasteiger partial charge in [0.2, 0.25) is 10.0 Å². The molecule has 8 heteroatoms. The zero-order valence-corrected chi connectivity index (χ0v) is 12.4. The molecule has 106 valence electrons. The van der Waals surface area contributed by atoms with Gasteiger partial charge in [-0.1, -0.05) is 0 Å². The van der Waals surface area contributed by atoms with E-state index in [-0.39, 0.29) is 15.8 Å². The number of carboxylic acids is 1. The first-order valence-corrected chi connectivity index (χ1v) is 8.16. The first kappa shape index (κ1) is 14.4. The number of thiophene rings is 1. The first-order valence-electron chi connectivity index (χ1n) is 5.84. The van der Waals surface area contributed by atoms with Gasteiger partial charge >= 0.3 is 5.97 Å². The maximum Gasteiger partial charge on any atom is 0.345 e. The Hall–Kier alpha value is -0.960. The molecule has 0 saturated carbocycles. The van der Waals surface area contributed by atoms with Crippen molar-refractivity contribution in [3.05, 3.63) is 16.3 Å². The summed E-state index contributed by atoms with van der Waals surface area (Å²) >= 11 is 0.934. The monoisotopic (exact) mass is 304 g/mol. The maximum atomic E-state index is 12.4. The highest BCUT2D eigenvalue weighted by atomic mass is 32.2. The summed E-state index contributed by atoms with van der Waals surface area (Å²) in [5, 5.41) is 10.2. The van der Waals surface area contributed by atoms with Crippen molar-refractivity contribution < 1.29 is 18.3 Å². The maximum absolute atomic E-state index is 12.4. The highest BCUT2D eigenvalue weighted by molar-refractivity contribution is 7.89. The van der Waals surface area contributed by atoms with Gasteiger partial charge in [-0.15, -0.1) is 11.3 Å². The van der Waals surface area contributed by atoms with Gasteiger partial charge in [0.25, 0.3) is 0 Å². The Balaban J connectivity index is 2.24. The van der Waals surface area contributed by atoms with Crippen LogP contribution in [0.15, 0.2) is 16.3 Å². The number of aromatic carboxylic acids is 1. The molecular weight excluding hydrogens is 288 g/mol. The Morgan fingerprint density at radius 3 is 2.68 bits per heavy atom. The predicted molar refractivity (Wildman–Crippen MR) is 72.1 cm³/mol. The normalized spacial score (nSPS) is 22.5. The number of likely N-dealkylation sites (N-methyl/N-ethyl adjacent to an activating group) is 1. The Bertz CT molecular complexity index is 581. The molecule has 1 aromatic rings. The summed E-state index contributed by atoms with van der Waals surface area (Å²) in [7, 11) is -1.62. The number of carbonyl (C=O) groups is 1. The standard InChI is InChI=1S/C11H16N2O4S2/c1-8-6-13(4-3-12(8)2)19(16,17)9-5-10(11(14)15)18-7-9/h5,7-8H,3-4,6H2,1-2H3,(H,14,15). The highest BCUT2D eigenvalue weighted by Crippen LogP contribution is 2.24. The van der Waals surface area contributed by atoms with Crippen LogP contribution in [0.3, 0.4) is 0 Å². The van der Waals surface area contributed by atoms with Gasteiger partial charge in [-0.05, 0) is 20.0 Å². The molecule has 0 radical (unpaired) electrons. The van der Waals surface area contributed by atoms with E-state index in [1.165, 1.54) is 15.8 Å². The van der Waals surface area contributed by atoms with Gasteiger partial charge in [0.15, 0.2) is 0 Å². The van der Waals surface area contributed by atoms with E-state index in [9.17, 15) is 13.2 Å². The van der Waals surface area contributed by atoms with E-state index >= 15 is 0 Å². The van der Waals surface area contributed by atoms with Gasteiger partial charge in [0, 0.05) is 31.1 Å². The van der Waals surface area contributed by atoms with Crippen LogP contribution in [-0.2, 0) is 10.0 Å². The zero-order chi connectivity index (χ0) is 14.2. The van der Waals surface area contributed by atoms with Crippen LogP contribution in [-0.4, -0.2) is 61.4 Å². The number of hydrogen-bond acceptors (Lipinski definition) is 5. The van der Waals surface area contributed by atoms with Gasteiger partial charge in [0.05, 0.1) is 4.90 Å².